The van der Waals surface area contributed by atoms with Crippen molar-refractivity contribution < 1.29 is 32.3 Å². The first-order chi connectivity index (χ1) is 7.63. The van der Waals surface area contributed by atoms with Gasteiger partial charge in [-0.25, -0.2) is 0 Å². The van der Waals surface area contributed by atoms with Crippen LogP contribution in [0.2, 0.25) is 0 Å². The van der Waals surface area contributed by atoms with Crippen LogP contribution < -0.4 is 10.2 Å². The first-order valence-corrected chi connectivity index (χ1v) is 5.02. The lowest BCUT2D eigenvalue weighted by atomic mass is 9.80. The Kier molecular flexibility index (Phi) is 4.05. The fourth-order valence-corrected chi connectivity index (χ4v) is 1.03. The Morgan fingerprint density at radius 2 is 1.76 bits per heavy atom. The smallest absolute Gasteiger partial charge is 0.427 e. The average Bonchev–Trinajstić information content (AvgIpc) is 2.15. The second kappa shape index (κ2) is 4.83. The molecule has 9 heteroatoms. The van der Waals surface area contributed by atoms with Gasteiger partial charge in [0.1, 0.15) is 5.75 Å². The van der Waals surface area contributed by atoms with Crippen LogP contribution in [0.5, 0.6) is 5.75 Å². The standard InChI is InChI=1S/C8H6BBrF4O3/c10-7(11,12)8(13,14)17-6-3-1-2-5(4-6)9(15)16/h1-4,15-16H. The van der Waals surface area contributed by atoms with Gasteiger partial charge in [-0.15, -0.1) is 0 Å². The Bertz CT molecular complexity index is 397. The molecule has 0 amide bonds. The molecule has 0 unspecified atom stereocenters. The molecule has 17 heavy (non-hydrogen) atoms. The summed E-state index contributed by atoms with van der Waals surface area (Å²) in [6.07, 6.45) is -4.76. The molecule has 0 fully saturated rings. The minimum absolute atomic E-state index is 0.156. The lowest BCUT2D eigenvalue weighted by molar-refractivity contribution is -0.266. The summed E-state index contributed by atoms with van der Waals surface area (Å²) in [7, 11) is -1.91. The molecule has 94 valence electrons. The van der Waals surface area contributed by atoms with E-state index in [0.29, 0.717) is 0 Å². The third kappa shape index (κ3) is 3.58. The van der Waals surface area contributed by atoms with Gasteiger partial charge >= 0.3 is 18.1 Å². The molecule has 1 rings (SSSR count). The van der Waals surface area contributed by atoms with Gasteiger partial charge in [-0.05, 0) is 17.6 Å². The van der Waals surface area contributed by atoms with Gasteiger partial charge in [-0.2, -0.15) is 17.6 Å². The quantitative estimate of drug-likeness (QED) is 0.500. The van der Waals surface area contributed by atoms with Crippen LogP contribution in [-0.2, 0) is 0 Å². The zero-order valence-electron chi connectivity index (χ0n) is 8.08. The van der Waals surface area contributed by atoms with Gasteiger partial charge in [0.2, 0.25) is 0 Å². The molecular weight excluding hydrogens is 311 g/mol. The average molecular weight is 317 g/mol. The largest absolute Gasteiger partial charge is 0.488 e. The Balaban J connectivity index is 2.92. The van der Waals surface area contributed by atoms with Gasteiger partial charge < -0.3 is 14.8 Å². The minimum Gasteiger partial charge on any atom is -0.427 e. The van der Waals surface area contributed by atoms with Gasteiger partial charge in [-0.3, -0.25) is 0 Å². The molecule has 0 aliphatic carbocycles. The predicted molar refractivity (Wildman–Crippen MR) is 55.7 cm³/mol. The van der Waals surface area contributed by atoms with Crippen LogP contribution in [0.3, 0.4) is 0 Å². The Hall–Kier alpha value is -0.795. The fraction of sp³-hybridized carbons (Fsp3) is 0.250. The van der Waals surface area contributed by atoms with Crippen LogP contribution >= 0.6 is 15.9 Å². The van der Waals surface area contributed by atoms with Crippen molar-refractivity contribution in [2.45, 2.75) is 10.9 Å². The van der Waals surface area contributed by atoms with E-state index < -0.39 is 23.8 Å². The first kappa shape index (κ1) is 14.3. The van der Waals surface area contributed by atoms with Gasteiger partial charge in [0, 0.05) is 15.9 Å². The lowest BCUT2D eigenvalue weighted by Crippen LogP contribution is -2.41. The Labute approximate surface area is 102 Å². The monoisotopic (exact) mass is 316 g/mol. The molecule has 0 saturated heterocycles. The van der Waals surface area contributed by atoms with Crippen LogP contribution in [-0.4, -0.2) is 28.1 Å². The SMILES string of the molecule is OB(O)c1cccc(OC(F)(F)C(F)(F)Br)c1. The molecule has 0 atom stereocenters. The lowest BCUT2D eigenvalue weighted by Gasteiger charge is -2.22. The third-order valence-electron chi connectivity index (χ3n) is 1.73. The van der Waals surface area contributed by atoms with Crippen molar-refractivity contribution in [3.05, 3.63) is 24.3 Å². The van der Waals surface area contributed by atoms with E-state index in [-0.39, 0.29) is 5.46 Å². The minimum atomic E-state index is -4.76. The number of hydrogen-bond acceptors (Lipinski definition) is 3. The highest BCUT2D eigenvalue weighted by Crippen LogP contribution is 2.40. The summed E-state index contributed by atoms with van der Waals surface area (Å²) < 4.78 is 54.2. The van der Waals surface area contributed by atoms with E-state index in [2.05, 4.69) is 4.74 Å². The van der Waals surface area contributed by atoms with E-state index in [4.69, 9.17) is 10.0 Å². The number of rotatable bonds is 4. The summed E-state index contributed by atoms with van der Waals surface area (Å²) >= 11 is 1.50. The van der Waals surface area contributed by atoms with Crippen molar-refractivity contribution in [1.29, 1.82) is 0 Å². The number of alkyl halides is 5. The molecule has 1 aromatic rings. The van der Waals surface area contributed by atoms with Crippen LogP contribution in [0.4, 0.5) is 17.6 Å². The topological polar surface area (TPSA) is 49.7 Å². The summed E-state index contributed by atoms with van der Waals surface area (Å²) in [6, 6.07) is 4.17. The number of hydrogen-bond donors (Lipinski definition) is 2. The van der Waals surface area contributed by atoms with E-state index >= 15 is 0 Å². The Morgan fingerprint density at radius 1 is 1.18 bits per heavy atom. The van der Waals surface area contributed by atoms with Crippen LogP contribution in [0.25, 0.3) is 0 Å². The maximum absolute atomic E-state index is 12.8. The molecule has 0 heterocycles. The molecule has 2 N–H and O–H groups in total. The first-order valence-electron chi connectivity index (χ1n) is 4.23. The van der Waals surface area contributed by atoms with Crippen molar-refractivity contribution >= 4 is 28.5 Å². The number of benzene rings is 1. The van der Waals surface area contributed by atoms with E-state index in [1.54, 1.807) is 0 Å². The van der Waals surface area contributed by atoms with Crippen LogP contribution in [0.15, 0.2) is 24.3 Å². The highest BCUT2D eigenvalue weighted by molar-refractivity contribution is 9.10. The molecule has 0 saturated carbocycles. The molecule has 0 spiro atoms. The van der Waals surface area contributed by atoms with E-state index in [0.717, 1.165) is 18.2 Å². The molecular formula is C8H6BBrF4O3. The van der Waals surface area contributed by atoms with Crippen LogP contribution in [0, 0.1) is 0 Å². The molecule has 0 aromatic heterocycles. The number of ether oxygens (including phenoxy) is 1. The highest BCUT2D eigenvalue weighted by Gasteiger charge is 2.57. The molecule has 0 aliphatic rings. The summed E-state index contributed by atoms with van der Waals surface area (Å²) in [5, 5.41) is 17.5. The molecule has 3 nitrogen and oxygen atoms in total. The van der Waals surface area contributed by atoms with Crippen molar-refractivity contribution in [2.24, 2.45) is 0 Å². The highest BCUT2D eigenvalue weighted by atomic mass is 79.9. The molecule has 0 bridgehead atoms. The van der Waals surface area contributed by atoms with Crippen molar-refractivity contribution in [3.8, 4) is 5.75 Å². The van der Waals surface area contributed by atoms with Crippen LogP contribution in [0.1, 0.15) is 0 Å². The van der Waals surface area contributed by atoms with Crippen molar-refractivity contribution in [1.82, 2.24) is 0 Å². The maximum atomic E-state index is 12.8. The van der Waals surface area contributed by atoms with Crippen molar-refractivity contribution in [2.75, 3.05) is 0 Å². The number of halogens is 5. The van der Waals surface area contributed by atoms with Crippen molar-refractivity contribution in [3.63, 3.8) is 0 Å². The third-order valence-corrected chi connectivity index (χ3v) is 2.19. The second-order valence-corrected chi connectivity index (χ2v) is 4.06. The van der Waals surface area contributed by atoms with E-state index in [1.165, 1.54) is 22.0 Å². The summed E-state index contributed by atoms with van der Waals surface area (Å²) in [5.74, 6) is -0.611. The van der Waals surface area contributed by atoms with E-state index in [9.17, 15) is 17.6 Å². The van der Waals surface area contributed by atoms with Gasteiger partial charge in [0.15, 0.2) is 0 Å². The van der Waals surface area contributed by atoms with Gasteiger partial charge in [-0.1, -0.05) is 12.1 Å². The van der Waals surface area contributed by atoms with E-state index in [1.807, 2.05) is 0 Å². The van der Waals surface area contributed by atoms with Gasteiger partial charge in [0.25, 0.3) is 0 Å². The molecule has 0 aliphatic heterocycles. The predicted octanol–water partition coefficient (Wildman–Crippen LogP) is 1.33. The molecule has 1 aromatic carbocycles. The fourth-order valence-electron chi connectivity index (χ4n) is 0.945. The van der Waals surface area contributed by atoms with Gasteiger partial charge in [0.05, 0.1) is 0 Å². The molecule has 0 radical (unpaired) electrons. The summed E-state index contributed by atoms with van der Waals surface area (Å²) in [5.41, 5.74) is -0.156. The summed E-state index contributed by atoms with van der Waals surface area (Å²) in [4.78, 5) is -4.53. The zero-order valence-corrected chi connectivity index (χ0v) is 9.67. The second-order valence-electron chi connectivity index (χ2n) is 3.06. The summed E-state index contributed by atoms with van der Waals surface area (Å²) in [6.45, 7) is 0. The Morgan fingerprint density at radius 3 is 2.24 bits per heavy atom. The maximum Gasteiger partial charge on any atom is 0.488 e. The normalized spacial score (nSPS) is 12.4. The zero-order chi connectivity index (χ0) is 13.3.